The molecule has 4 aromatic carbocycles. The van der Waals surface area contributed by atoms with Gasteiger partial charge in [0, 0.05) is 71.6 Å². The number of benzene rings is 4. The molecule has 6 N–H and O–H groups in total. The lowest BCUT2D eigenvalue weighted by molar-refractivity contribution is 0.0697. The largest absolute Gasteiger partial charge is 0.478 e. The van der Waals surface area contributed by atoms with Crippen molar-refractivity contribution < 1.29 is 9.90 Å². The minimum Gasteiger partial charge on any atom is -0.478 e. The zero-order valence-corrected chi connectivity index (χ0v) is 29.3. The second-order valence-corrected chi connectivity index (χ2v) is 12.9. The minimum atomic E-state index is -1.01. The normalized spacial score (nSPS) is 10.5. The predicted octanol–water partition coefficient (Wildman–Crippen LogP) is 11.7. The van der Waals surface area contributed by atoms with E-state index >= 15 is 0 Å². The van der Waals surface area contributed by atoms with Gasteiger partial charge in [0.15, 0.2) is 0 Å². The number of carboxylic acid groups (broad SMARTS) is 1. The summed E-state index contributed by atoms with van der Waals surface area (Å²) < 4.78 is 0. The third kappa shape index (κ3) is 8.75. The Hall–Kier alpha value is -3.72. The lowest BCUT2D eigenvalue weighted by Crippen LogP contribution is -1.96. The van der Waals surface area contributed by atoms with Crippen LogP contribution in [0.1, 0.15) is 27.0 Å². The predicted molar refractivity (Wildman–Crippen MR) is 199 cm³/mol. The highest BCUT2D eigenvalue weighted by Gasteiger charge is 2.10. The van der Waals surface area contributed by atoms with Crippen LogP contribution in [0.5, 0.6) is 0 Å². The van der Waals surface area contributed by atoms with Gasteiger partial charge in [-0.1, -0.05) is 52.5 Å². The van der Waals surface area contributed by atoms with Crippen LogP contribution in [0, 0.1) is 20.8 Å². The number of nitrogens with two attached hydrogens (primary N) is 1. The maximum atomic E-state index is 10.7. The van der Waals surface area contributed by atoms with E-state index in [9.17, 15) is 4.79 Å². The molecule has 0 spiro atoms. The maximum Gasteiger partial charge on any atom is 0.337 e. The van der Waals surface area contributed by atoms with Crippen molar-refractivity contribution in [3.8, 4) is 0 Å². The van der Waals surface area contributed by atoms with E-state index in [0.717, 1.165) is 53.7 Å². The zero-order valence-electron chi connectivity index (χ0n) is 25.4. The van der Waals surface area contributed by atoms with Gasteiger partial charge in [0.05, 0.1) is 10.6 Å². The van der Waals surface area contributed by atoms with Crippen molar-refractivity contribution in [1.82, 2.24) is 15.0 Å². The van der Waals surface area contributed by atoms with E-state index in [4.69, 9.17) is 57.2 Å². The summed E-state index contributed by atoms with van der Waals surface area (Å²) in [6, 6.07) is 20.6. The first-order valence-electron chi connectivity index (χ1n) is 13.9. The summed E-state index contributed by atoms with van der Waals surface area (Å²) in [4.78, 5) is 21.2. The lowest BCUT2D eigenvalue weighted by Gasteiger charge is -1.98. The smallest absolute Gasteiger partial charge is 0.337 e. The minimum absolute atomic E-state index is 0.133. The molecule has 0 saturated carbocycles. The summed E-state index contributed by atoms with van der Waals surface area (Å²) in [6.07, 6.45) is 7.75. The molecule has 0 unspecified atom stereocenters. The monoisotopic (exact) mass is 712 g/mol. The third-order valence-corrected chi connectivity index (χ3v) is 9.35. The number of nitrogen functional groups attached to an aromatic ring is 1. The zero-order chi connectivity index (χ0) is 33.5. The van der Waals surface area contributed by atoms with Crippen LogP contribution in [-0.4, -0.2) is 32.3 Å². The first-order chi connectivity index (χ1) is 21.9. The van der Waals surface area contributed by atoms with Crippen LogP contribution in [-0.2, 0) is 0 Å². The molecule has 0 saturated heterocycles. The van der Waals surface area contributed by atoms with Crippen LogP contribution in [0.2, 0.25) is 20.1 Å². The van der Waals surface area contributed by atoms with Crippen LogP contribution < -0.4 is 5.73 Å². The molecule has 11 heteroatoms. The molecule has 0 atom stereocenters. The quantitative estimate of drug-likeness (QED) is 0.0907. The van der Waals surface area contributed by atoms with Crippen LogP contribution in [0.4, 0.5) is 5.69 Å². The molecule has 6 nitrogen and oxygen atoms in total. The number of carbonyl (C=O) groups is 1. The number of hydrogen-bond donors (Lipinski definition) is 5. The van der Waals surface area contributed by atoms with Gasteiger partial charge in [0.2, 0.25) is 0 Å². The second-order valence-electron chi connectivity index (χ2n) is 10.4. The van der Waals surface area contributed by atoms with E-state index in [1.165, 1.54) is 15.7 Å². The summed E-state index contributed by atoms with van der Waals surface area (Å²) in [5.74, 6) is -1.01. The number of hydrogen-bond acceptors (Lipinski definition) is 3. The Labute approximate surface area is 291 Å². The number of halogens is 4. The van der Waals surface area contributed by atoms with E-state index in [1.807, 2.05) is 63.5 Å². The third-order valence-electron chi connectivity index (χ3n) is 7.04. The molecule has 46 heavy (non-hydrogen) atoms. The number of aromatic carboxylic acids is 1. The molecule has 7 rings (SSSR count). The summed E-state index contributed by atoms with van der Waals surface area (Å²) in [5, 5.41) is 14.7. The van der Waals surface area contributed by atoms with Gasteiger partial charge >= 0.3 is 5.97 Å². The van der Waals surface area contributed by atoms with Crippen LogP contribution in [0.3, 0.4) is 0 Å². The van der Waals surface area contributed by atoms with E-state index in [0.29, 0.717) is 5.69 Å². The Balaban J connectivity index is 0.000000141. The van der Waals surface area contributed by atoms with E-state index in [2.05, 4.69) is 33.3 Å². The number of aromatic nitrogens is 3. The fourth-order valence-corrected chi connectivity index (χ4v) is 5.76. The molecule has 3 aromatic heterocycles. The molecular weight excluding hydrogens is 682 g/mol. The van der Waals surface area contributed by atoms with Crippen LogP contribution in [0.15, 0.2) is 90.2 Å². The van der Waals surface area contributed by atoms with Crippen molar-refractivity contribution in [2.45, 2.75) is 25.7 Å². The summed E-state index contributed by atoms with van der Waals surface area (Å²) in [6.45, 7) is 5.98. The second kappa shape index (κ2) is 15.7. The van der Waals surface area contributed by atoms with Gasteiger partial charge in [-0.05, 0) is 110 Å². The van der Waals surface area contributed by atoms with Gasteiger partial charge in [0.1, 0.15) is 0 Å². The van der Waals surface area contributed by atoms with Crippen LogP contribution >= 0.6 is 58.2 Å². The number of fused-ring (bicyclic) bond motifs is 3. The molecule has 0 aliphatic carbocycles. The highest BCUT2D eigenvalue weighted by molar-refractivity contribution is 7.98. The molecule has 0 fully saturated rings. The summed E-state index contributed by atoms with van der Waals surface area (Å²) >= 11 is 25.2. The summed E-state index contributed by atoms with van der Waals surface area (Å²) in [5.41, 5.74) is 12.7. The molecule has 3 heterocycles. The van der Waals surface area contributed by atoms with Gasteiger partial charge in [-0.25, -0.2) is 4.79 Å². The van der Waals surface area contributed by atoms with Crippen molar-refractivity contribution in [2.24, 2.45) is 0 Å². The maximum absolute atomic E-state index is 10.7. The fraction of sp³-hybridized carbons (Fsp3) is 0.114. The highest BCUT2D eigenvalue weighted by Crippen LogP contribution is 2.30. The Morgan fingerprint density at radius 1 is 0.674 bits per heavy atom. The molecule has 0 bridgehead atoms. The number of carboxylic acids is 1. The number of H-pyrrole nitrogens is 3. The Kier molecular flexibility index (Phi) is 12.0. The average molecular weight is 715 g/mol. The molecule has 0 amide bonds. The number of anilines is 1. The van der Waals surface area contributed by atoms with Crippen LogP contribution in [0.25, 0.3) is 32.7 Å². The van der Waals surface area contributed by atoms with Crippen molar-refractivity contribution in [3.05, 3.63) is 128 Å². The molecule has 0 aliphatic rings. The fourth-order valence-electron chi connectivity index (χ4n) is 4.43. The van der Waals surface area contributed by atoms with Crippen molar-refractivity contribution in [2.75, 3.05) is 12.0 Å². The molecule has 7 aromatic rings. The molecular formula is C35H32Cl4N4O2S. The lowest BCUT2D eigenvalue weighted by atomic mass is 10.1. The van der Waals surface area contributed by atoms with Gasteiger partial charge in [-0.3, -0.25) is 0 Å². The SMILES string of the molecule is CSc1c[nH]c2cc(Cl)c(C)cc12.Cc1cc2cc[nH]c2cc1Cl.Cc1ccc(N)cc1Cl.O=C(O)c1cc2cc[nH]c2cc1Cl. The Morgan fingerprint density at radius 3 is 1.78 bits per heavy atom. The molecule has 238 valence electrons. The van der Waals surface area contributed by atoms with E-state index in [1.54, 1.807) is 42.2 Å². The number of rotatable bonds is 2. The van der Waals surface area contributed by atoms with Gasteiger partial charge in [-0.15, -0.1) is 11.8 Å². The van der Waals surface area contributed by atoms with Crippen molar-refractivity contribution in [1.29, 1.82) is 0 Å². The number of thioether (sulfide) groups is 1. The van der Waals surface area contributed by atoms with Gasteiger partial charge in [0.25, 0.3) is 0 Å². The topological polar surface area (TPSA) is 111 Å². The standard InChI is InChI=1S/C10H10ClNS.C9H6ClNO2.C9H8ClN.C7H8ClN/c1-6-3-7-9(4-8(6)11)12-5-10(7)13-2;10-7-4-8-5(1-2-11-8)3-6(7)9(12)13;1-6-4-7-2-3-11-9(7)5-8(6)10;1-5-2-3-6(9)4-7(5)8/h3-5,12H,1-2H3;1-4,11H,(H,12,13);2-5,11H,1H3;2-4H,9H2,1H3. The number of nitrogens with one attached hydrogen (secondary N) is 3. The average Bonchev–Trinajstić information content (AvgIpc) is 3.76. The first-order valence-corrected chi connectivity index (χ1v) is 16.7. The molecule has 0 aliphatic heterocycles. The van der Waals surface area contributed by atoms with Gasteiger partial charge in [-0.2, -0.15) is 0 Å². The van der Waals surface area contributed by atoms with Gasteiger partial charge < -0.3 is 25.8 Å². The summed E-state index contributed by atoms with van der Waals surface area (Å²) in [7, 11) is 0. The van der Waals surface area contributed by atoms with E-state index < -0.39 is 5.97 Å². The highest BCUT2D eigenvalue weighted by atomic mass is 35.5. The molecule has 0 radical (unpaired) electrons. The number of aromatic amines is 3. The number of aryl methyl sites for hydroxylation is 3. The van der Waals surface area contributed by atoms with E-state index in [-0.39, 0.29) is 10.6 Å². The van der Waals surface area contributed by atoms with Crippen molar-refractivity contribution >= 4 is 103 Å². The van der Waals surface area contributed by atoms with Crippen molar-refractivity contribution in [3.63, 3.8) is 0 Å². The Morgan fingerprint density at radius 2 is 1.22 bits per heavy atom. The first kappa shape index (κ1) is 35.1. The Bertz CT molecular complexity index is 2100.